The molecule has 0 unspecified atom stereocenters. The minimum absolute atomic E-state index is 0.0801. The van der Waals surface area contributed by atoms with Crippen molar-refractivity contribution >= 4 is 11.3 Å². The van der Waals surface area contributed by atoms with Crippen molar-refractivity contribution in [3.8, 4) is 11.1 Å². The fraction of sp³-hybridized carbons (Fsp3) is 0.300. The molecular weight excluding hydrogens is 254 g/mol. The summed E-state index contributed by atoms with van der Waals surface area (Å²) in [6.07, 6.45) is 3.44. The van der Waals surface area contributed by atoms with Crippen LogP contribution in [0.5, 0.6) is 0 Å². The van der Waals surface area contributed by atoms with Gasteiger partial charge in [0, 0.05) is 18.3 Å². The van der Waals surface area contributed by atoms with Crippen LogP contribution >= 0.6 is 0 Å². The number of allylic oxidation sites excluding steroid dienone is 1. The van der Waals surface area contributed by atoms with E-state index in [9.17, 15) is 0 Å². The first-order valence-corrected chi connectivity index (χ1v) is 7.66. The van der Waals surface area contributed by atoms with Gasteiger partial charge in [-0.2, -0.15) is 0 Å². The van der Waals surface area contributed by atoms with Gasteiger partial charge in [0.2, 0.25) is 0 Å². The molecule has 1 nitrogen and oxygen atoms in total. The predicted molar refractivity (Wildman–Crippen MR) is 90.8 cm³/mol. The molecule has 1 aliphatic heterocycles. The molecule has 0 atom stereocenters. The highest BCUT2D eigenvalue weighted by molar-refractivity contribution is 5.88. The summed E-state index contributed by atoms with van der Waals surface area (Å²) in [6, 6.07) is 13.6. The minimum atomic E-state index is 0.0801. The molecule has 1 aliphatic carbocycles. The number of rotatable bonds is 0. The minimum Gasteiger partial charge on any atom is -0.365 e. The Labute approximate surface area is 126 Å². The Hall–Kier alpha value is -2.02. The molecule has 21 heavy (non-hydrogen) atoms. The third-order valence-corrected chi connectivity index (χ3v) is 5.13. The van der Waals surface area contributed by atoms with Gasteiger partial charge < -0.3 is 4.90 Å². The molecule has 0 radical (unpaired) electrons. The maximum atomic E-state index is 2.41. The van der Waals surface area contributed by atoms with Crippen LogP contribution in [-0.4, -0.2) is 12.6 Å². The van der Waals surface area contributed by atoms with Gasteiger partial charge in [0.15, 0.2) is 0 Å². The van der Waals surface area contributed by atoms with Gasteiger partial charge in [-0.1, -0.05) is 30.3 Å². The molecule has 106 valence electrons. The molecule has 0 amide bonds. The lowest BCUT2D eigenvalue weighted by molar-refractivity contribution is 0.597. The predicted octanol–water partition coefficient (Wildman–Crippen LogP) is 4.89. The lowest BCUT2D eigenvalue weighted by Crippen LogP contribution is -2.42. The highest BCUT2D eigenvalue weighted by atomic mass is 15.2. The Morgan fingerprint density at radius 2 is 1.71 bits per heavy atom. The van der Waals surface area contributed by atoms with E-state index >= 15 is 0 Å². The average Bonchev–Trinajstić information content (AvgIpc) is 2.81. The van der Waals surface area contributed by atoms with Gasteiger partial charge >= 0.3 is 0 Å². The van der Waals surface area contributed by atoms with E-state index in [1.54, 1.807) is 0 Å². The first-order valence-electron chi connectivity index (χ1n) is 7.66. The molecule has 0 spiro atoms. The Kier molecular flexibility index (Phi) is 2.42. The molecule has 0 fully saturated rings. The molecule has 1 heterocycles. The van der Waals surface area contributed by atoms with Gasteiger partial charge in [0.1, 0.15) is 0 Å². The van der Waals surface area contributed by atoms with E-state index in [1.165, 1.54) is 39.1 Å². The van der Waals surface area contributed by atoms with Gasteiger partial charge in [0.05, 0.1) is 5.54 Å². The smallest absolute Gasteiger partial charge is 0.0531 e. The summed E-state index contributed by atoms with van der Waals surface area (Å²) in [5.74, 6) is 0. The SMILES string of the molecule is CC1=CC(C)(C)N(C)c2cc3c(cc21)-c1ccccc1C3. The van der Waals surface area contributed by atoms with Crippen LogP contribution in [0.25, 0.3) is 16.7 Å². The fourth-order valence-electron chi connectivity index (χ4n) is 3.78. The van der Waals surface area contributed by atoms with Crippen LogP contribution in [0.3, 0.4) is 0 Å². The van der Waals surface area contributed by atoms with Crippen molar-refractivity contribution in [3.05, 3.63) is 59.2 Å². The van der Waals surface area contributed by atoms with E-state index in [4.69, 9.17) is 0 Å². The van der Waals surface area contributed by atoms with Crippen LogP contribution in [0.4, 0.5) is 5.69 Å². The molecule has 0 aromatic heterocycles. The summed E-state index contributed by atoms with van der Waals surface area (Å²) >= 11 is 0. The Bertz CT molecular complexity index is 780. The molecule has 4 rings (SSSR count). The van der Waals surface area contributed by atoms with Crippen LogP contribution < -0.4 is 4.90 Å². The van der Waals surface area contributed by atoms with Crippen molar-refractivity contribution in [2.24, 2.45) is 0 Å². The Morgan fingerprint density at radius 1 is 0.952 bits per heavy atom. The third-order valence-electron chi connectivity index (χ3n) is 5.13. The number of likely N-dealkylation sites (N-methyl/N-ethyl adjacent to an activating group) is 1. The normalized spacial score (nSPS) is 17.9. The van der Waals surface area contributed by atoms with Crippen LogP contribution in [0.2, 0.25) is 0 Å². The standard InChI is InChI=1S/C20H21N/c1-13-12-20(2,3)21(4)19-10-15-9-14-7-5-6-8-16(14)18(15)11-17(13)19/h5-8,10-12H,9H2,1-4H3. The second-order valence-electron chi connectivity index (χ2n) is 6.90. The van der Waals surface area contributed by atoms with Crippen molar-refractivity contribution in [2.75, 3.05) is 11.9 Å². The summed E-state index contributed by atoms with van der Waals surface area (Å²) in [5, 5.41) is 0. The molecule has 1 heteroatoms. The average molecular weight is 275 g/mol. The second kappa shape index (κ2) is 4.00. The number of fused-ring (bicyclic) bond motifs is 4. The maximum Gasteiger partial charge on any atom is 0.0531 e. The summed E-state index contributed by atoms with van der Waals surface area (Å²) < 4.78 is 0. The Balaban J connectivity index is 1.96. The van der Waals surface area contributed by atoms with E-state index < -0.39 is 0 Å². The molecule has 0 saturated heterocycles. The van der Waals surface area contributed by atoms with E-state index in [-0.39, 0.29) is 5.54 Å². The zero-order chi connectivity index (χ0) is 14.8. The molecule has 0 bridgehead atoms. The molecule has 2 aromatic carbocycles. The number of anilines is 1. The van der Waals surface area contributed by atoms with Crippen molar-refractivity contribution in [1.29, 1.82) is 0 Å². The van der Waals surface area contributed by atoms with Gasteiger partial charge in [0.25, 0.3) is 0 Å². The highest BCUT2D eigenvalue weighted by Gasteiger charge is 2.30. The van der Waals surface area contributed by atoms with E-state index in [2.05, 4.69) is 75.2 Å². The molecule has 0 saturated carbocycles. The summed E-state index contributed by atoms with van der Waals surface area (Å²) in [6.45, 7) is 6.80. The summed E-state index contributed by atoms with van der Waals surface area (Å²) in [5.41, 5.74) is 9.97. The van der Waals surface area contributed by atoms with Crippen LogP contribution in [-0.2, 0) is 6.42 Å². The van der Waals surface area contributed by atoms with E-state index in [0.29, 0.717) is 0 Å². The van der Waals surface area contributed by atoms with Gasteiger partial charge in [-0.3, -0.25) is 0 Å². The first-order chi connectivity index (χ1) is 9.97. The van der Waals surface area contributed by atoms with E-state index in [1.807, 2.05) is 0 Å². The van der Waals surface area contributed by atoms with E-state index in [0.717, 1.165) is 6.42 Å². The lowest BCUT2D eigenvalue weighted by atomic mass is 9.87. The largest absolute Gasteiger partial charge is 0.365 e. The number of hydrogen-bond acceptors (Lipinski definition) is 1. The van der Waals surface area contributed by atoms with Crippen molar-refractivity contribution in [1.82, 2.24) is 0 Å². The van der Waals surface area contributed by atoms with Gasteiger partial charge in [-0.25, -0.2) is 0 Å². The number of benzene rings is 2. The Morgan fingerprint density at radius 3 is 2.52 bits per heavy atom. The monoisotopic (exact) mass is 275 g/mol. The number of nitrogens with zero attached hydrogens (tertiary/aromatic N) is 1. The highest BCUT2D eigenvalue weighted by Crippen LogP contribution is 2.45. The molecule has 2 aliphatic rings. The van der Waals surface area contributed by atoms with Gasteiger partial charge in [-0.05, 0) is 67.2 Å². The zero-order valence-electron chi connectivity index (χ0n) is 13.2. The molecular formula is C20H21N. The van der Waals surface area contributed by atoms with Gasteiger partial charge in [-0.15, -0.1) is 0 Å². The number of hydrogen-bond donors (Lipinski definition) is 0. The quantitative estimate of drug-likeness (QED) is 0.564. The first kappa shape index (κ1) is 12.7. The van der Waals surface area contributed by atoms with Crippen LogP contribution in [0.1, 0.15) is 37.5 Å². The third kappa shape index (κ3) is 1.70. The van der Waals surface area contributed by atoms with Crippen molar-refractivity contribution in [2.45, 2.75) is 32.7 Å². The summed E-state index contributed by atoms with van der Waals surface area (Å²) in [4.78, 5) is 2.40. The van der Waals surface area contributed by atoms with Crippen molar-refractivity contribution in [3.63, 3.8) is 0 Å². The fourth-order valence-corrected chi connectivity index (χ4v) is 3.78. The topological polar surface area (TPSA) is 3.24 Å². The van der Waals surface area contributed by atoms with Crippen LogP contribution in [0, 0.1) is 0 Å². The lowest BCUT2D eigenvalue weighted by Gasteiger charge is -2.41. The van der Waals surface area contributed by atoms with Crippen molar-refractivity contribution < 1.29 is 0 Å². The second-order valence-corrected chi connectivity index (χ2v) is 6.90. The van der Waals surface area contributed by atoms with Crippen LogP contribution in [0.15, 0.2) is 42.5 Å². The molecule has 0 N–H and O–H groups in total. The maximum absolute atomic E-state index is 2.41. The zero-order valence-corrected chi connectivity index (χ0v) is 13.2. The summed E-state index contributed by atoms with van der Waals surface area (Å²) in [7, 11) is 2.20. The molecule has 2 aromatic rings.